The molecule has 0 aliphatic rings. The van der Waals surface area contributed by atoms with Crippen LogP contribution in [0.5, 0.6) is 0 Å². The molecule has 98 valence electrons. The van der Waals surface area contributed by atoms with Crippen LogP contribution in [0.2, 0.25) is 10.0 Å². The van der Waals surface area contributed by atoms with Crippen LogP contribution in [0, 0.1) is 0 Å². The summed E-state index contributed by atoms with van der Waals surface area (Å²) in [6.07, 6.45) is 0. The van der Waals surface area contributed by atoms with Crippen LogP contribution in [0.3, 0.4) is 0 Å². The third-order valence-electron chi connectivity index (χ3n) is 2.75. The molecule has 19 heavy (non-hydrogen) atoms. The summed E-state index contributed by atoms with van der Waals surface area (Å²) in [7, 11) is 0. The van der Waals surface area contributed by atoms with Crippen LogP contribution in [0.4, 0.5) is 0 Å². The van der Waals surface area contributed by atoms with Gasteiger partial charge in [-0.05, 0) is 35.2 Å². The molecule has 0 aliphatic carbocycles. The second kappa shape index (κ2) is 6.97. The monoisotopic (exact) mass is 293 g/mol. The highest BCUT2D eigenvalue weighted by atomic mass is 35.5. The maximum absolute atomic E-state index is 5.91. The molecule has 0 saturated heterocycles. The van der Waals surface area contributed by atoms with Gasteiger partial charge < -0.3 is 10.4 Å². The van der Waals surface area contributed by atoms with Gasteiger partial charge in [0.05, 0.1) is 0 Å². The van der Waals surface area contributed by atoms with Crippen LogP contribution in [0.1, 0.15) is 0 Å². The first kappa shape index (κ1) is 14.4. The summed E-state index contributed by atoms with van der Waals surface area (Å²) in [4.78, 5) is 0. The summed E-state index contributed by atoms with van der Waals surface area (Å²) in [6, 6.07) is 15.2. The molecular weight excluding hydrogens is 280 g/mol. The lowest BCUT2D eigenvalue weighted by atomic mass is 9.55. The van der Waals surface area contributed by atoms with E-state index in [4.69, 9.17) is 33.6 Å². The van der Waals surface area contributed by atoms with Gasteiger partial charge in [-0.1, -0.05) is 47.5 Å². The van der Waals surface area contributed by atoms with Gasteiger partial charge in [-0.15, -0.1) is 0 Å². The average Bonchev–Trinajstić information content (AvgIpc) is 2.43. The highest BCUT2D eigenvalue weighted by Gasteiger charge is 2.20. The van der Waals surface area contributed by atoms with E-state index in [1.165, 1.54) is 0 Å². The first-order valence-electron chi connectivity index (χ1n) is 6.03. The summed E-state index contributed by atoms with van der Waals surface area (Å²) in [5.41, 5.74) is 7.60. The van der Waals surface area contributed by atoms with Gasteiger partial charge in [0.15, 0.2) is 0 Å². The quantitative estimate of drug-likeness (QED) is 0.857. The summed E-state index contributed by atoms with van der Waals surface area (Å²) >= 11 is 11.8. The van der Waals surface area contributed by atoms with E-state index in [-0.39, 0.29) is 6.92 Å². The summed E-state index contributed by atoms with van der Waals surface area (Å²) in [5, 5.41) is 1.41. The normalized spacial score (nSPS) is 10.5. The molecule has 2 nitrogen and oxygen atoms in total. The van der Waals surface area contributed by atoms with Crippen molar-refractivity contribution in [3.05, 3.63) is 58.6 Å². The van der Waals surface area contributed by atoms with Gasteiger partial charge in [0.2, 0.25) is 0 Å². The van der Waals surface area contributed by atoms with Gasteiger partial charge in [-0.3, -0.25) is 0 Å². The Labute approximate surface area is 123 Å². The molecule has 0 unspecified atom stereocenters. The molecule has 0 atom stereocenters. The van der Waals surface area contributed by atoms with Crippen molar-refractivity contribution in [2.75, 3.05) is 13.2 Å². The zero-order valence-corrected chi connectivity index (χ0v) is 11.9. The van der Waals surface area contributed by atoms with Crippen molar-refractivity contribution in [1.82, 2.24) is 0 Å². The van der Waals surface area contributed by atoms with Gasteiger partial charge in [0.25, 0.3) is 0 Å². The van der Waals surface area contributed by atoms with Gasteiger partial charge in [0.1, 0.15) is 0 Å². The molecule has 0 aromatic heterocycles. The Morgan fingerprint density at radius 3 is 1.63 bits per heavy atom. The minimum Gasteiger partial charge on any atom is -0.426 e. The van der Waals surface area contributed by atoms with Crippen LogP contribution >= 0.6 is 23.2 Å². The summed E-state index contributed by atoms with van der Waals surface area (Å²) in [6.45, 7) is 0.825. The standard InChI is InChI=1S/C14H14BCl2NO/c16-13-5-1-11(2-6-13)15(19-10-9-18)12-3-7-14(17)8-4-12/h1-8H,9-10,18H2. The van der Waals surface area contributed by atoms with Crippen molar-refractivity contribution < 1.29 is 4.65 Å². The van der Waals surface area contributed by atoms with E-state index >= 15 is 0 Å². The molecule has 2 aromatic rings. The van der Waals surface area contributed by atoms with Crippen molar-refractivity contribution in [3.63, 3.8) is 0 Å². The Morgan fingerprint density at radius 1 is 0.842 bits per heavy atom. The molecule has 0 amide bonds. The smallest absolute Gasteiger partial charge is 0.361 e. The van der Waals surface area contributed by atoms with E-state index in [2.05, 4.69) is 0 Å². The third-order valence-corrected chi connectivity index (χ3v) is 3.25. The van der Waals surface area contributed by atoms with Crippen LogP contribution in [-0.4, -0.2) is 20.1 Å². The van der Waals surface area contributed by atoms with E-state index < -0.39 is 0 Å². The SMILES string of the molecule is NCCOB(c1ccc(Cl)cc1)c1ccc(Cl)cc1. The van der Waals surface area contributed by atoms with Gasteiger partial charge in [-0.25, -0.2) is 0 Å². The zero-order chi connectivity index (χ0) is 13.7. The zero-order valence-electron chi connectivity index (χ0n) is 10.4. The van der Waals surface area contributed by atoms with Crippen LogP contribution < -0.4 is 16.7 Å². The van der Waals surface area contributed by atoms with E-state index in [1.54, 1.807) is 0 Å². The fourth-order valence-corrected chi connectivity index (χ4v) is 2.10. The van der Waals surface area contributed by atoms with Crippen molar-refractivity contribution in [1.29, 1.82) is 0 Å². The number of nitrogens with two attached hydrogens (primary N) is 1. The molecule has 0 heterocycles. The lowest BCUT2D eigenvalue weighted by Gasteiger charge is -2.15. The Kier molecular flexibility index (Phi) is 5.29. The summed E-state index contributed by atoms with van der Waals surface area (Å²) < 4.78 is 5.83. The number of benzene rings is 2. The first-order chi connectivity index (χ1) is 9.20. The molecule has 0 bridgehead atoms. The molecular formula is C14H14BCl2NO. The van der Waals surface area contributed by atoms with Crippen LogP contribution in [0.25, 0.3) is 0 Å². The molecule has 0 spiro atoms. The molecule has 2 N–H and O–H groups in total. The topological polar surface area (TPSA) is 35.2 Å². The minimum atomic E-state index is -0.155. The maximum atomic E-state index is 5.91. The Balaban J connectivity index is 2.29. The summed E-state index contributed by atoms with van der Waals surface area (Å²) in [5.74, 6) is 0. The lowest BCUT2D eigenvalue weighted by molar-refractivity contribution is 0.344. The van der Waals surface area contributed by atoms with Crippen molar-refractivity contribution in [2.45, 2.75) is 0 Å². The fraction of sp³-hybridized carbons (Fsp3) is 0.143. The molecule has 2 aromatic carbocycles. The molecule has 2 rings (SSSR count). The predicted octanol–water partition coefficient (Wildman–Crippen LogP) is 2.07. The largest absolute Gasteiger partial charge is 0.426 e. The van der Waals surface area contributed by atoms with E-state index in [1.807, 2.05) is 48.5 Å². The van der Waals surface area contributed by atoms with Crippen molar-refractivity contribution >= 4 is 41.0 Å². The second-order valence-corrected chi connectivity index (χ2v) is 5.02. The number of hydrogen-bond donors (Lipinski definition) is 1. The van der Waals surface area contributed by atoms with Crippen molar-refractivity contribution in [3.8, 4) is 0 Å². The van der Waals surface area contributed by atoms with Gasteiger partial charge >= 0.3 is 6.92 Å². The highest BCUT2D eigenvalue weighted by Crippen LogP contribution is 2.07. The molecule has 0 fully saturated rings. The number of rotatable bonds is 5. The molecule has 0 aliphatic heterocycles. The van der Waals surface area contributed by atoms with Gasteiger partial charge in [-0.2, -0.15) is 0 Å². The van der Waals surface area contributed by atoms with Crippen LogP contribution in [-0.2, 0) is 4.65 Å². The second-order valence-electron chi connectivity index (χ2n) is 4.14. The molecule has 0 radical (unpaired) electrons. The fourth-order valence-electron chi connectivity index (χ4n) is 1.85. The van der Waals surface area contributed by atoms with Crippen molar-refractivity contribution in [2.24, 2.45) is 5.73 Å². The van der Waals surface area contributed by atoms with E-state index in [0.717, 1.165) is 10.9 Å². The van der Waals surface area contributed by atoms with Crippen LogP contribution in [0.15, 0.2) is 48.5 Å². The number of halogens is 2. The Hall–Kier alpha value is -0.995. The van der Waals surface area contributed by atoms with E-state index in [0.29, 0.717) is 23.2 Å². The molecule has 0 saturated carbocycles. The highest BCUT2D eigenvalue weighted by molar-refractivity contribution is 6.80. The lowest BCUT2D eigenvalue weighted by Crippen LogP contribution is -2.45. The predicted molar refractivity (Wildman–Crippen MR) is 82.9 cm³/mol. The Morgan fingerprint density at radius 2 is 1.26 bits per heavy atom. The van der Waals surface area contributed by atoms with Gasteiger partial charge in [0, 0.05) is 23.2 Å². The Bertz CT molecular complexity index is 470. The average molecular weight is 294 g/mol. The minimum absolute atomic E-state index is 0.155. The van der Waals surface area contributed by atoms with E-state index in [9.17, 15) is 0 Å². The third kappa shape index (κ3) is 3.98. The maximum Gasteiger partial charge on any atom is 0.361 e. The number of hydrogen-bond acceptors (Lipinski definition) is 2. The molecule has 5 heteroatoms. The first-order valence-corrected chi connectivity index (χ1v) is 6.79.